The van der Waals surface area contributed by atoms with Crippen LogP contribution in [0.1, 0.15) is 10.6 Å². The summed E-state index contributed by atoms with van der Waals surface area (Å²) in [4.78, 5) is 19.1. The fourth-order valence-corrected chi connectivity index (χ4v) is 1.97. The molecule has 1 aromatic carbocycles. The molecule has 0 aliphatic rings. The molecule has 0 N–H and O–H groups in total. The first kappa shape index (κ1) is 18.3. The molecule has 2 aromatic rings. The number of benzene rings is 1. The van der Waals surface area contributed by atoms with Gasteiger partial charge in [0.1, 0.15) is 5.69 Å². The zero-order chi connectivity index (χ0) is 17.9. The first-order chi connectivity index (χ1) is 11.2. The Hall–Kier alpha value is -2.06. The molecule has 24 heavy (non-hydrogen) atoms. The number of carbonyl (C=O) groups is 1. The van der Waals surface area contributed by atoms with Crippen molar-refractivity contribution in [3.05, 3.63) is 40.3 Å². The highest BCUT2D eigenvalue weighted by Crippen LogP contribution is 2.33. The summed E-state index contributed by atoms with van der Waals surface area (Å²) in [5.41, 5.74) is 0.252. The van der Waals surface area contributed by atoms with Crippen molar-refractivity contribution in [3.8, 4) is 17.0 Å². The van der Waals surface area contributed by atoms with Crippen LogP contribution < -0.4 is 4.74 Å². The second-order valence-electron chi connectivity index (χ2n) is 4.43. The minimum atomic E-state index is -4.55. The second-order valence-corrected chi connectivity index (χ2v) is 5.25. The van der Waals surface area contributed by atoms with E-state index >= 15 is 0 Å². The Morgan fingerprint density at radius 3 is 2.54 bits per heavy atom. The highest BCUT2D eigenvalue weighted by Gasteiger charge is 2.29. The van der Waals surface area contributed by atoms with Crippen molar-refractivity contribution >= 4 is 29.2 Å². The van der Waals surface area contributed by atoms with E-state index in [0.29, 0.717) is 5.56 Å². The predicted molar refractivity (Wildman–Crippen MR) is 80.4 cm³/mol. The van der Waals surface area contributed by atoms with Crippen LogP contribution >= 0.6 is 23.2 Å². The minimum Gasteiger partial charge on any atom is -0.480 e. The van der Waals surface area contributed by atoms with E-state index in [4.69, 9.17) is 27.9 Å². The fourth-order valence-electron chi connectivity index (χ4n) is 1.68. The largest absolute Gasteiger partial charge is 0.480 e. The van der Waals surface area contributed by atoms with Crippen molar-refractivity contribution in [3.63, 3.8) is 0 Å². The summed E-state index contributed by atoms with van der Waals surface area (Å²) >= 11 is 11.7. The summed E-state index contributed by atoms with van der Waals surface area (Å²) in [6, 6.07) is 4.29. The SMILES string of the molecule is COC(=O)c1ncc(OCC(F)(F)F)c(-c2ccc(Cl)c(Cl)c2)n1. The van der Waals surface area contributed by atoms with Gasteiger partial charge in [0.25, 0.3) is 0 Å². The number of hydrogen-bond acceptors (Lipinski definition) is 5. The molecule has 1 heterocycles. The summed E-state index contributed by atoms with van der Waals surface area (Å²) in [6.07, 6.45) is -3.58. The topological polar surface area (TPSA) is 61.3 Å². The molecule has 0 unspecified atom stereocenters. The van der Waals surface area contributed by atoms with Crippen molar-refractivity contribution in [1.82, 2.24) is 9.97 Å². The molecule has 0 amide bonds. The van der Waals surface area contributed by atoms with Crippen LogP contribution in [0, 0.1) is 0 Å². The first-order valence-corrected chi connectivity index (χ1v) is 7.07. The highest BCUT2D eigenvalue weighted by atomic mass is 35.5. The lowest BCUT2D eigenvalue weighted by Gasteiger charge is -2.13. The van der Waals surface area contributed by atoms with Gasteiger partial charge in [-0.25, -0.2) is 14.8 Å². The number of carbonyl (C=O) groups excluding carboxylic acids is 1. The van der Waals surface area contributed by atoms with Crippen molar-refractivity contribution in [2.24, 2.45) is 0 Å². The van der Waals surface area contributed by atoms with Gasteiger partial charge in [0.15, 0.2) is 12.4 Å². The average molecular weight is 381 g/mol. The standard InChI is InChI=1S/C14H9Cl2F3N2O3/c1-23-13(22)12-20-5-10(24-6-14(17,18)19)11(21-12)7-2-3-8(15)9(16)4-7/h2-5H,6H2,1H3. The number of alkyl halides is 3. The number of aromatic nitrogens is 2. The van der Waals surface area contributed by atoms with Crippen LogP contribution in [0.15, 0.2) is 24.4 Å². The van der Waals surface area contributed by atoms with Crippen LogP contribution in [0.3, 0.4) is 0 Å². The van der Waals surface area contributed by atoms with E-state index in [9.17, 15) is 18.0 Å². The maximum atomic E-state index is 12.4. The van der Waals surface area contributed by atoms with Gasteiger partial charge in [0.2, 0.25) is 5.82 Å². The lowest BCUT2D eigenvalue weighted by molar-refractivity contribution is -0.153. The molecule has 1 aromatic heterocycles. The van der Waals surface area contributed by atoms with E-state index in [-0.39, 0.29) is 27.3 Å². The van der Waals surface area contributed by atoms with Crippen LogP contribution in [-0.2, 0) is 4.74 Å². The summed E-state index contributed by atoms with van der Waals surface area (Å²) in [7, 11) is 1.12. The molecule has 0 radical (unpaired) electrons. The van der Waals surface area contributed by atoms with Crippen LogP contribution in [0.2, 0.25) is 10.0 Å². The molecule has 0 bridgehead atoms. The van der Waals surface area contributed by atoms with Gasteiger partial charge < -0.3 is 9.47 Å². The molecule has 2 rings (SSSR count). The Bertz CT molecular complexity index is 769. The molecule has 0 atom stereocenters. The maximum absolute atomic E-state index is 12.4. The van der Waals surface area contributed by atoms with Crippen molar-refractivity contribution in [1.29, 1.82) is 0 Å². The third-order valence-electron chi connectivity index (χ3n) is 2.71. The van der Waals surface area contributed by atoms with Crippen LogP contribution in [-0.4, -0.2) is 35.8 Å². The Kier molecular flexibility index (Phi) is 5.51. The van der Waals surface area contributed by atoms with Crippen molar-refractivity contribution in [2.45, 2.75) is 6.18 Å². The highest BCUT2D eigenvalue weighted by molar-refractivity contribution is 6.42. The van der Waals surface area contributed by atoms with Gasteiger partial charge in [-0.3, -0.25) is 0 Å². The number of hydrogen-bond donors (Lipinski definition) is 0. The van der Waals surface area contributed by atoms with E-state index in [1.807, 2.05) is 0 Å². The van der Waals surface area contributed by atoms with E-state index in [1.54, 1.807) is 0 Å². The van der Waals surface area contributed by atoms with E-state index in [1.165, 1.54) is 18.2 Å². The third kappa shape index (κ3) is 4.48. The van der Waals surface area contributed by atoms with Gasteiger partial charge in [-0.05, 0) is 12.1 Å². The number of ether oxygens (including phenoxy) is 2. The molecule has 10 heteroatoms. The summed E-state index contributed by atoms with van der Waals surface area (Å²) in [5, 5.41) is 0.412. The molecule has 0 fully saturated rings. The number of halogens is 5. The molecule has 0 aliphatic heterocycles. The molecule has 0 spiro atoms. The quantitative estimate of drug-likeness (QED) is 0.744. The maximum Gasteiger partial charge on any atom is 0.422 e. The molecule has 0 saturated heterocycles. The monoisotopic (exact) mass is 380 g/mol. The number of rotatable bonds is 4. The molecule has 5 nitrogen and oxygen atoms in total. The summed E-state index contributed by atoms with van der Waals surface area (Å²) in [5.74, 6) is -1.45. The Morgan fingerprint density at radius 1 is 1.25 bits per heavy atom. The average Bonchev–Trinajstić information content (AvgIpc) is 2.54. The minimum absolute atomic E-state index is 0.0479. The summed E-state index contributed by atoms with van der Waals surface area (Å²) in [6.45, 7) is -1.54. The van der Waals surface area contributed by atoms with Crippen LogP contribution in [0.25, 0.3) is 11.3 Å². The Labute approximate surface area is 144 Å². The summed E-state index contributed by atoms with van der Waals surface area (Å²) < 4.78 is 46.3. The van der Waals surface area contributed by atoms with Gasteiger partial charge in [-0.1, -0.05) is 29.3 Å². The van der Waals surface area contributed by atoms with Crippen LogP contribution in [0.4, 0.5) is 13.2 Å². The van der Waals surface area contributed by atoms with Gasteiger partial charge in [0.05, 0.1) is 23.4 Å². The van der Waals surface area contributed by atoms with E-state index in [0.717, 1.165) is 13.3 Å². The zero-order valence-corrected chi connectivity index (χ0v) is 13.5. The molecule has 0 aliphatic carbocycles. The van der Waals surface area contributed by atoms with E-state index < -0.39 is 18.8 Å². The number of methoxy groups -OCH3 is 1. The Balaban J connectivity index is 2.50. The lowest BCUT2D eigenvalue weighted by atomic mass is 10.1. The second kappa shape index (κ2) is 7.23. The smallest absolute Gasteiger partial charge is 0.422 e. The number of esters is 1. The van der Waals surface area contributed by atoms with Crippen molar-refractivity contribution < 1.29 is 27.4 Å². The predicted octanol–water partition coefficient (Wildman–Crippen LogP) is 4.18. The van der Waals surface area contributed by atoms with Gasteiger partial charge in [-0.15, -0.1) is 0 Å². The Morgan fingerprint density at radius 2 is 1.96 bits per heavy atom. The first-order valence-electron chi connectivity index (χ1n) is 6.31. The molecular weight excluding hydrogens is 372 g/mol. The third-order valence-corrected chi connectivity index (χ3v) is 3.45. The van der Waals surface area contributed by atoms with Crippen molar-refractivity contribution in [2.75, 3.05) is 13.7 Å². The van der Waals surface area contributed by atoms with E-state index in [2.05, 4.69) is 14.7 Å². The lowest BCUT2D eigenvalue weighted by Crippen LogP contribution is -2.20. The number of nitrogens with zero attached hydrogens (tertiary/aromatic N) is 2. The van der Waals surface area contributed by atoms with Gasteiger partial charge in [0, 0.05) is 5.56 Å². The zero-order valence-electron chi connectivity index (χ0n) is 12.0. The van der Waals surface area contributed by atoms with Gasteiger partial charge >= 0.3 is 12.1 Å². The fraction of sp³-hybridized carbons (Fsp3) is 0.214. The molecule has 0 saturated carbocycles. The van der Waals surface area contributed by atoms with Gasteiger partial charge in [-0.2, -0.15) is 13.2 Å². The normalized spacial score (nSPS) is 11.2. The molecule has 128 valence electrons. The molecular formula is C14H9Cl2F3N2O3. The van der Waals surface area contributed by atoms with Crippen LogP contribution in [0.5, 0.6) is 5.75 Å².